The summed E-state index contributed by atoms with van der Waals surface area (Å²) in [6.07, 6.45) is 3.27. The summed E-state index contributed by atoms with van der Waals surface area (Å²) in [6, 6.07) is 28.0. The zero-order chi connectivity index (χ0) is 26.0. The van der Waals surface area contributed by atoms with Crippen molar-refractivity contribution in [2.75, 3.05) is 0 Å². The van der Waals surface area contributed by atoms with Gasteiger partial charge in [-0.2, -0.15) is 0 Å². The molecule has 38 heavy (non-hydrogen) atoms. The lowest BCUT2D eigenvalue weighted by molar-refractivity contribution is 0.00777. The summed E-state index contributed by atoms with van der Waals surface area (Å²) in [6.45, 7) is 4.23. The lowest BCUT2D eigenvalue weighted by atomic mass is 9.89. The van der Waals surface area contributed by atoms with E-state index in [9.17, 15) is 8.78 Å². The molecule has 3 heteroatoms. The molecule has 2 aliphatic carbocycles. The van der Waals surface area contributed by atoms with Crippen LogP contribution in [0.4, 0.5) is 8.78 Å². The molecule has 1 fully saturated rings. The van der Waals surface area contributed by atoms with Crippen molar-refractivity contribution in [1.82, 2.24) is 4.98 Å². The Morgan fingerprint density at radius 2 is 1.55 bits per heavy atom. The van der Waals surface area contributed by atoms with Gasteiger partial charge in [0.2, 0.25) is 5.92 Å². The normalized spacial score (nSPS) is 17.5. The first-order valence-corrected chi connectivity index (χ1v) is 13.5. The molecule has 1 aromatic heterocycles. The van der Waals surface area contributed by atoms with Gasteiger partial charge in [-0.05, 0) is 89.1 Å². The number of benzene rings is 4. The molecule has 188 valence electrons. The number of halogens is 2. The molecule has 0 bridgehead atoms. The highest BCUT2D eigenvalue weighted by Gasteiger charge is 2.40. The van der Waals surface area contributed by atoms with Crippen molar-refractivity contribution in [3.63, 3.8) is 0 Å². The highest BCUT2D eigenvalue weighted by Crippen LogP contribution is 2.47. The van der Waals surface area contributed by atoms with Gasteiger partial charge < -0.3 is 0 Å². The molecule has 0 spiro atoms. The summed E-state index contributed by atoms with van der Waals surface area (Å²) >= 11 is 0. The molecule has 1 atom stereocenters. The van der Waals surface area contributed by atoms with E-state index in [0.29, 0.717) is 6.42 Å². The first-order chi connectivity index (χ1) is 18.4. The number of nitrogens with zero attached hydrogens (tertiary/aromatic N) is 1. The van der Waals surface area contributed by atoms with Gasteiger partial charge in [-0.3, -0.25) is 4.98 Å². The first-order valence-electron chi connectivity index (χ1n) is 13.5. The van der Waals surface area contributed by atoms with E-state index in [4.69, 9.17) is 4.98 Å². The van der Waals surface area contributed by atoms with Gasteiger partial charge in [-0.15, -0.1) is 0 Å². The fourth-order valence-corrected chi connectivity index (χ4v) is 6.51. The molecule has 1 nitrogen and oxygen atoms in total. The van der Waals surface area contributed by atoms with Gasteiger partial charge in [-0.1, -0.05) is 72.3 Å². The number of fused-ring (bicyclic) bond motifs is 4. The second-order valence-electron chi connectivity index (χ2n) is 11.2. The van der Waals surface area contributed by atoms with E-state index >= 15 is 0 Å². The first kappa shape index (κ1) is 23.3. The largest absolute Gasteiger partial charge is 0.255 e. The smallest absolute Gasteiger partial charge is 0.248 e. The number of aryl methyl sites for hydroxylation is 2. The molecule has 0 aliphatic heterocycles. The standard InChI is InChI=1S/C35H29F2N/c1-21-7-9-23(10-8-21)33-20-38-34(32-17-24(11-12-28(32)33)26-13-14-35(36,37)19-26)31-16-22(2)15-29-27-6-4-3-5-25(27)18-30(29)31/h3-12,15-17,20,26H,13-14,18-19H2,1-2H3. The lowest BCUT2D eigenvalue weighted by Crippen LogP contribution is -2.09. The van der Waals surface area contributed by atoms with Gasteiger partial charge in [-0.25, -0.2) is 8.78 Å². The van der Waals surface area contributed by atoms with E-state index in [1.54, 1.807) is 0 Å². The minimum Gasteiger partial charge on any atom is -0.255 e. The van der Waals surface area contributed by atoms with Crippen LogP contribution >= 0.6 is 0 Å². The van der Waals surface area contributed by atoms with Crippen LogP contribution in [0.2, 0.25) is 0 Å². The summed E-state index contributed by atoms with van der Waals surface area (Å²) < 4.78 is 28.3. The molecule has 1 saturated carbocycles. The minimum absolute atomic E-state index is 0.0339. The van der Waals surface area contributed by atoms with Crippen LogP contribution in [0.3, 0.4) is 0 Å². The number of rotatable bonds is 3. The second-order valence-corrected chi connectivity index (χ2v) is 11.2. The van der Waals surface area contributed by atoms with E-state index < -0.39 is 5.92 Å². The van der Waals surface area contributed by atoms with Gasteiger partial charge in [0.15, 0.2) is 0 Å². The molecule has 7 rings (SSSR count). The quantitative estimate of drug-likeness (QED) is 0.235. The van der Waals surface area contributed by atoms with E-state index in [1.807, 2.05) is 6.20 Å². The number of aromatic nitrogens is 1. The third-order valence-electron chi connectivity index (χ3n) is 8.47. The number of alkyl halides is 2. The molecule has 0 N–H and O–H groups in total. The van der Waals surface area contributed by atoms with Crippen LogP contribution < -0.4 is 0 Å². The van der Waals surface area contributed by atoms with E-state index in [-0.39, 0.29) is 18.8 Å². The Kier molecular flexibility index (Phi) is 5.26. The Labute approximate surface area is 222 Å². The summed E-state index contributed by atoms with van der Waals surface area (Å²) in [7, 11) is 0. The summed E-state index contributed by atoms with van der Waals surface area (Å²) in [5.41, 5.74) is 12.9. The van der Waals surface area contributed by atoms with Crippen LogP contribution in [0.5, 0.6) is 0 Å². The maximum absolute atomic E-state index is 14.2. The Morgan fingerprint density at radius 3 is 2.34 bits per heavy atom. The van der Waals surface area contributed by atoms with Crippen LogP contribution in [0.1, 0.15) is 53.0 Å². The maximum Gasteiger partial charge on any atom is 0.248 e. The molecule has 1 unspecified atom stereocenters. The lowest BCUT2D eigenvalue weighted by Gasteiger charge is -2.18. The number of hydrogen-bond acceptors (Lipinski definition) is 1. The molecule has 2 aliphatic rings. The topological polar surface area (TPSA) is 12.9 Å². The van der Waals surface area contributed by atoms with Crippen LogP contribution in [0.25, 0.3) is 44.3 Å². The van der Waals surface area contributed by atoms with Crippen LogP contribution in [-0.2, 0) is 6.42 Å². The van der Waals surface area contributed by atoms with Gasteiger partial charge in [0, 0.05) is 35.6 Å². The molecule has 0 amide bonds. The zero-order valence-corrected chi connectivity index (χ0v) is 21.7. The van der Waals surface area contributed by atoms with Crippen molar-refractivity contribution >= 4 is 10.8 Å². The second kappa shape index (κ2) is 8.59. The van der Waals surface area contributed by atoms with E-state index in [0.717, 1.165) is 45.1 Å². The van der Waals surface area contributed by atoms with Crippen LogP contribution in [-0.4, -0.2) is 10.9 Å². The van der Waals surface area contributed by atoms with Crippen LogP contribution in [0, 0.1) is 13.8 Å². The molecule has 5 aromatic rings. The Bertz CT molecular complexity index is 1720. The SMILES string of the molecule is Cc1ccc(-c2cnc(-c3cc(C)cc4c3Cc3ccccc3-4)c3cc(C4CCC(F)(F)C4)ccc23)cc1. The summed E-state index contributed by atoms with van der Waals surface area (Å²) in [5, 5.41) is 2.15. The maximum atomic E-state index is 14.2. The monoisotopic (exact) mass is 501 g/mol. The van der Waals surface area contributed by atoms with Crippen molar-refractivity contribution in [3.8, 4) is 33.5 Å². The summed E-state index contributed by atoms with van der Waals surface area (Å²) in [4.78, 5) is 5.11. The molecular formula is C35H29F2N. The third-order valence-corrected chi connectivity index (χ3v) is 8.47. The number of pyridine rings is 1. The predicted molar refractivity (Wildman–Crippen MR) is 152 cm³/mol. The van der Waals surface area contributed by atoms with Crippen molar-refractivity contribution < 1.29 is 8.78 Å². The van der Waals surface area contributed by atoms with Crippen molar-refractivity contribution in [2.24, 2.45) is 0 Å². The Balaban J connectivity index is 1.46. The fourth-order valence-electron chi connectivity index (χ4n) is 6.51. The van der Waals surface area contributed by atoms with Crippen LogP contribution in [0.15, 0.2) is 85.1 Å². The molecule has 1 heterocycles. The van der Waals surface area contributed by atoms with E-state index in [1.165, 1.54) is 33.4 Å². The third kappa shape index (κ3) is 3.84. The molecular weight excluding hydrogens is 472 g/mol. The average Bonchev–Trinajstić information content (AvgIpc) is 3.47. The van der Waals surface area contributed by atoms with Crippen molar-refractivity contribution in [2.45, 2.75) is 51.4 Å². The van der Waals surface area contributed by atoms with Gasteiger partial charge >= 0.3 is 0 Å². The predicted octanol–water partition coefficient (Wildman–Crippen LogP) is 9.66. The minimum atomic E-state index is -2.58. The van der Waals surface area contributed by atoms with Gasteiger partial charge in [0.25, 0.3) is 0 Å². The molecule has 0 saturated heterocycles. The Hall–Kier alpha value is -3.85. The molecule has 0 radical (unpaired) electrons. The Morgan fingerprint density at radius 1 is 0.763 bits per heavy atom. The van der Waals surface area contributed by atoms with Crippen molar-refractivity contribution in [1.29, 1.82) is 0 Å². The van der Waals surface area contributed by atoms with Gasteiger partial charge in [0.1, 0.15) is 0 Å². The van der Waals surface area contributed by atoms with Crippen molar-refractivity contribution in [3.05, 3.63) is 113 Å². The summed E-state index contributed by atoms with van der Waals surface area (Å²) in [5.74, 6) is -2.70. The highest BCUT2D eigenvalue weighted by molar-refractivity contribution is 6.04. The van der Waals surface area contributed by atoms with Gasteiger partial charge in [0.05, 0.1) is 5.69 Å². The zero-order valence-electron chi connectivity index (χ0n) is 21.7. The number of hydrogen-bond donors (Lipinski definition) is 0. The van der Waals surface area contributed by atoms with E-state index in [2.05, 4.69) is 92.7 Å². The molecule has 4 aromatic carbocycles. The average molecular weight is 502 g/mol. The highest BCUT2D eigenvalue weighted by atomic mass is 19.3. The fraction of sp³-hybridized carbons (Fsp3) is 0.229.